The van der Waals surface area contributed by atoms with Crippen LogP contribution in [0.25, 0.3) is 11.0 Å². The van der Waals surface area contributed by atoms with E-state index in [-0.39, 0.29) is 23.0 Å². The number of benzene rings is 3. The summed E-state index contributed by atoms with van der Waals surface area (Å²) in [5, 5.41) is 10.7. The smallest absolute Gasteiger partial charge is 0.379 e. The Balaban J connectivity index is 1.47. The van der Waals surface area contributed by atoms with Crippen molar-refractivity contribution in [2.24, 2.45) is 5.73 Å². The van der Waals surface area contributed by atoms with E-state index in [1.165, 1.54) is 0 Å². The Morgan fingerprint density at radius 1 is 1.14 bits per heavy atom. The SMILES string of the molecule is C=CCOc1cccc(C2C(C#N)=C(N)Oc3cc(OC(=O)c4oc5cc(C)ccc5c4C)ccc32)c1. The van der Waals surface area contributed by atoms with Gasteiger partial charge in [0.25, 0.3) is 0 Å². The first-order valence-electron chi connectivity index (χ1n) is 11.7. The van der Waals surface area contributed by atoms with Crippen molar-refractivity contribution in [1.82, 2.24) is 0 Å². The van der Waals surface area contributed by atoms with Crippen LogP contribution in [0.2, 0.25) is 0 Å². The van der Waals surface area contributed by atoms with Gasteiger partial charge in [-0.25, -0.2) is 4.79 Å². The summed E-state index contributed by atoms with van der Waals surface area (Å²) in [6.45, 7) is 7.80. The van der Waals surface area contributed by atoms with E-state index in [4.69, 9.17) is 24.4 Å². The number of fused-ring (bicyclic) bond motifs is 2. The van der Waals surface area contributed by atoms with Crippen molar-refractivity contribution in [1.29, 1.82) is 5.26 Å². The topological polar surface area (TPSA) is 108 Å². The van der Waals surface area contributed by atoms with Crippen LogP contribution >= 0.6 is 0 Å². The summed E-state index contributed by atoms with van der Waals surface area (Å²) in [6, 6.07) is 20.4. The minimum atomic E-state index is -0.619. The van der Waals surface area contributed by atoms with E-state index in [1.807, 2.05) is 56.3 Å². The van der Waals surface area contributed by atoms with Crippen LogP contribution < -0.4 is 19.9 Å². The molecule has 0 saturated carbocycles. The molecule has 7 nitrogen and oxygen atoms in total. The van der Waals surface area contributed by atoms with Crippen LogP contribution in [0.15, 0.2) is 89.2 Å². The summed E-state index contributed by atoms with van der Waals surface area (Å²) in [5.74, 6) is 0.321. The van der Waals surface area contributed by atoms with Gasteiger partial charge in [0.15, 0.2) is 0 Å². The van der Waals surface area contributed by atoms with Crippen molar-refractivity contribution < 1.29 is 23.4 Å². The van der Waals surface area contributed by atoms with Gasteiger partial charge in [-0.1, -0.05) is 43.0 Å². The van der Waals surface area contributed by atoms with Crippen LogP contribution in [-0.4, -0.2) is 12.6 Å². The number of allylic oxidation sites excluding steroid dienone is 1. The van der Waals surface area contributed by atoms with Crippen molar-refractivity contribution in [2.75, 3.05) is 6.61 Å². The molecule has 2 N–H and O–H groups in total. The third-order valence-electron chi connectivity index (χ3n) is 6.24. The van der Waals surface area contributed by atoms with Gasteiger partial charge in [0.05, 0.1) is 5.92 Å². The van der Waals surface area contributed by atoms with Crippen LogP contribution in [-0.2, 0) is 0 Å². The lowest BCUT2D eigenvalue weighted by Gasteiger charge is -2.27. The van der Waals surface area contributed by atoms with Gasteiger partial charge in [-0.2, -0.15) is 5.26 Å². The molecule has 0 fully saturated rings. The lowest BCUT2D eigenvalue weighted by Crippen LogP contribution is -2.21. The number of furan rings is 1. The Hall–Kier alpha value is -4.96. The van der Waals surface area contributed by atoms with Gasteiger partial charge >= 0.3 is 5.97 Å². The molecule has 5 rings (SSSR count). The fourth-order valence-electron chi connectivity index (χ4n) is 4.46. The third kappa shape index (κ3) is 4.41. The monoisotopic (exact) mass is 492 g/mol. The predicted molar refractivity (Wildman–Crippen MR) is 139 cm³/mol. The van der Waals surface area contributed by atoms with Crippen molar-refractivity contribution in [3.05, 3.63) is 113 Å². The number of ether oxygens (including phenoxy) is 3. The molecule has 0 saturated heterocycles. The Labute approximate surface area is 214 Å². The molecule has 0 aliphatic carbocycles. The second-order valence-electron chi connectivity index (χ2n) is 8.74. The fraction of sp³-hybridized carbons (Fsp3) is 0.133. The molecule has 7 heteroatoms. The molecule has 3 aromatic carbocycles. The minimum absolute atomic E-state index is 0.00983. The lowest BCUT2D eigenvalue weighted by molar-refractivity contribution is 0.0702. The number of carbonyl (C=O) groups is 1. The number of nitriles is 1. The minimum Gasteiger partial charge on any atom is -0.490 e. The average molecular weight is 493 g/mol. The highest BCUT2D eigenvalue weighted by Crippen LogP contribution is 2.44. The number of carbonyl (C=O) groups excluding carboxylic acids is 1. The molecule has 0 spiro atoms. The second-order valence-corrected chi connectivity index (χ2v) is 8.74. The zero-order valence-electron chi connectivity index (χ0n) is 20.4. The van der Waals surface area contributed by atoms with Gasteiger partial charge < -0.3 is 24.4 Å². The summed E-state index contributed by atoms with van der Waals surface area (Å²) < 4.78 is 22.9. The molecule has 4 aromatic rings. The van der Waals surface area contributed by atoms with E-state index in [2.05, 4.69) is 12.6 Å². The Morgan fingerprint density at radius 2 is 1.97 bits per heavy atom. The molecule has 37 heavy (non-hydrogen) atoms. The van der Waals surface area contributed by atoms with Crippen molar-refractivity contribution in [2.45, 2.75) is 19.8 Å². The maximum Gasteiger partial charge on any atom is 0.379 e. The number of hydrogen-bond donors (Lipinski definition) is 1. The normalized spacial score (nSPS) is 14.5. The van der Waals surface area contributed by atoms with Crippen LogP contribution in [0.3, 0.4) is 0 Å². The average Bonchev–Trinajstić information content (AvgIpc) is 3.22. The van der Waals surface area contributed by atoms with Gasteiger partial charge in [0.2, 0.25) is 11.6 Å². The highest BCUT2D eigenvalue weighted by molar-refractivity contribution is 5.97. The number of hydrogen-bond acceptors (Lipinski definition) is 7. The number of nitrogens with two attached hydrogens (primary N) is 1. The van der Waals surface area contributed by atoms with Crippen LogP contribution in [0.5, 0.6) is 17.2 Å². The van der Waals surface area contributed by atoms with Gasteiger partial charge in [-0.3, -0.25) is 0 Å². The molecule has 1 aromatic heterocycles. The maximum absolute atomic E-state index is 13.0. The summed E-state index contributed by atoms with van der Waals surface area (Å²) in [4.78, 5) is 13.0. The molecule has 0 amide bonds. The van der Waals surface area contributed by atoms with Crippen LogP contribution in [0.4, 0.5) is 0 Å². The first-order valence-corrected chi connectivity index (χ1v) is 11.7. The molecule has 0 radical (unpaired) electrons. The summed E-state index contributed by atoms with van der Waals surface area (Å²) in [5.41, 5.74) is 10.3. The molecule has 1 unspecified atom stereocenters. The zero-order valence-corrected chi connectivity index (χ0v) is 20.4. The Morgan fingerprint density at radius 3 is 2.76 bits per heavy atom. The highest BCUT2D eigenvalue weighted by Gasteiger charge is 2.31. The van der Waals surface area contributed by atoms with E-state index in [1.54, 1.807) is 24.3 Å². The van der Waals surface area contributed by atoms with E-state index >= 15 is 0 Å². The molecule has 1 aliphatic heterocycles. The highest BCUT2D eigenvalue weighted by atomic mass is 16.5. The van der Waals surface area contributed by atoms with Crippen LogP contribution in [0.1, 0.15) is 38.7 Å². The number of aryl methyl sites for hydroxylation is 2. The number of rotatable bonds is 6. The Kier molecular flexibility index (Phi) is 6.16. The van der Waals surface area contributed by atoms with E-state index in [9.17, 15) is 10.1 Å². The molecule has 184 valence electrons. The van der Waals surface area contributed by atoms with E-state index in [0.29, 0.717) is 34.8 Å². The molecule has 1 aliphatic rings. The molecule has 0 bridgehead atoms. The second kappa shape index (κ2) is 9.59. The summed E-state index contributed by atoms with van der Waals surface area (Å²) >= 11 is 0. The summed E-state index contributed by atoms with van der Waals surface area (Å²) in [6.07, 6.45) is 1.66. The zero-order chi connectivity index (χ0) is 26.1. The van der Waals surface area contributed by atoms with Crippen LogP contribution in [0, 0.1) is 25.2 Å². The largest absolute Gasteiger partial charge is 0.490 e. The van der Waals surface area contributed by atoms with Gasteiger partial charge in [-0.15, -0.1) is 0 Å². The molecular weight excluding hydrogens is 468 g/mol. The fourth-order valence-corrected chi connectivity index (χ4v) is 4.46. The van der Waals surface area contributed by atoms with E-state index in [0.717, 1.165) is 16.5 Å². The third-order valence-corrected chi connectivity index (χ3v) is 6.24. The lowest BCUT2D eigenvalue weighted by atomic mass is 9.83. The number of nitrogens with zero attached hydrogens (tertiary/aromatic N) is 1. The molecule has 2 heterocycles. The first-order chi connectivity index (χ1) is 17.9. The first kappa shape index (κ1) is 23.8. The van der Waals surface area contributed by atoms with Gasteiger partial charge in [0.1, 0.15) is 41.1 Å². The van der Waals surface area contributed by atoms with Crippen molar-refractivity contribution in [3.8, 4) is 23.3 Å². The van der Waals surface area contributed by atoms with Crippen molar-refractivity contribution in [3.63, 3.8) is 0 Å². The standard InChI is InChI=1S/C30H24N2O5/c1-4-12-34-20-7-5-6-19(14-20)27-23-11-9-21(15-26(23)37-29(32)24(27)16-31)35-30(33)28-18(3)22-10-8-17(2)13-25(22)36-28/h4-11,13-15,27H,1,12,32H2,2-3H3. The quantitative estimate of drug-likeness (QED) is 0.198. The predicted octanol–water partition coefficient (Wildman–Crippen LogP) is 6.05. The molecular formula is C30H24N2O5. The molecule has 1 atom stereocenters. The summed E-state index contributed by atoms with van der Waals surface area (Å²) in [7, 11) is 0. The number of esters is 1. The van der Waals surface area contributed by atoms with Gasteiger partial charge in [-0.05, 0) is 49.2 Å². The van der Waals surface area contributed by atoms with Gasteiger partial charge in [0, 0.05) is 22.6 Å². The van der Waals surface area contributed by atoms with Crippen molar-refractivity contribution >= 4 is 16.9 Å². The maximum atomic E-state index is 13.0. The van der Waals surface area contributed by atoms with E-state index < -0.39 is 11.9 Å². The Bertz CT molecular complexity index is 1620.